The molecule has 0 aliphatic carbocycles. The number of amides is 1. The molecule has 1 saturated heterocycles. The summed E-state index contributed by atoms with van der Waals surface area (Å²) >= 11 is 2.79. The Hall–Kier alpha value is -2.77. The van der Waals surface area contributed by atoms with Crippen LogP contribution in [0, 0.1) is 0 Å². The van der Waals surface area contributed by atoms with Gasteiger partial charge in [-0.15, -0.1) is 17.9 Å². The van der Waals surface area contributed by atoms with E-state index in [0.717, 1.165) is 16.5 Å². The SMILES string of the molecule is C=CCN1C(=O)/C(=C/c2ccnc3ccccc23)S/C1=N\c1nccs1. The lowest BCUT2D eigenvalue weighted by Gasteiger charge is -2.11. The highest BCUT2D eigenvalue weighted by molar-refractivity contribution is 8.18. The smallest absolute Gasteiger partial charge is 0.267 e. The third kappa shape index (κ3) is 3.18. The maximum atomic E-state index is 12.9. The number of rotatable bonds is 4. The average Bonchev–Trinajstić information content (AvgIpc) is 3.27. The maximum Gasteiger partial charge on any atom is 0.267 e. The number of para-hydroxylation sites is 1. The van der Waals surface area contributed by atoms with E-state index in [4.69, 9.17) is 0 Å². The molecule has 2 aromatic heterocycles. The highest BCUT2D eigenvalue weighted by Crippen LogP contribution is 2.35. The molecular formula is C19H14N4OS2. The number of aromatic nitrogens is 2. The summed E-state index contributed by atoms with van der Waals surface area (Å²) in [4.78, 5) is 28.2. The van der Waals surface area contributed by atoms with Crippen LogP contribution in [-0.2, 0) is 4.79 Å². The molecule has 3 aromatic rings. The predicted molar refractivity (Wildman–Crippen MR) is 108 cm³/mol. The van der Waals surface area contributed by atoms with Crippen molar-refractivity contribution < 1.29 is 4.79 Å². The van der Waals surface area contributed by atoms with E-state index in [2.05, 4.69) is 21.5 Å². The van der Waals surface area contributed by atoms with Gasteiger partial charge in [-0.25, -0.2) is 4.98 Å². The number of thiazole rings is 1. The number of amidine groups is 1. The second-order valence-electron chi connectivity index (χ2n) is 5.44. The highest BCUT2D eigenvalue weighted by Gasteiger charge is 2.32. The van der Waals surface area contributed by atoms with Crippen molar-refractivity contribution in [1.29, 1.82) is 0 Å². The summed E-state index contributed by atoms with van der Waals surface area (Å²) in [5.74, 6) is -0.0777. The molecule has 7 heteroatoms. The van der Waals surface area contributed by atoms with E-state index < -0.39 is 0 Å². The molecule has 0 saturated carbocycles. The van der Waals surface area contributed by atoms with Crippen LogP contribution in [0.3, 0.4) is 0 Å². The van der Waals surface area contributed by atoms with Crippen molar-refractivity contribution in [3.05, 3.63) is 71.2 Å². The summed E-state index contributed by atoms with van der Waals surface area (Å²) < 4.78 is 0. The number of carbonyl (C=O) groups is 1. The third-order valence-corrected chi connectivity index (χ3v) is 5.45. The first-order valence-corrected chi connectivity index (χ1v) is 9.60. The molecule has 4 rings (SSSR count). The summed E-state index contributed by atoms with van der Waals surface area (Å²) in [6.45, 7) is 4.15. The summed E-state index contributed by atoms with van der Waals surface area (Å²) in [6.07, 6.45) is 7.05. The van der Waals surface area contributed by atoms with Crippen LogP contribution >= 0.6 is 23.1 Å². The number of carbonyl (C=O) groups excluding carboxylic acids is 1. The fourth-order valence-corrected chi connectivity index (χ4v) is 4.16. The zero-order valence-corrected chi connectivity index (χ0v) is 15.3. The molecule has 1 aliphatic heterocycles. The van der Waals surface area contributed by atoms with Crippen LogP contribution in [0.2, 0.25) is 0 Å². The van der Waals surface area contributed by atoms with Gasteiger partial charge in [0.25, 0.3) is 5.91 Å². The summed E-state index contributed by atoms with van der Waals surface area (Å²) in [7, 11) is 0. The Morgan fingerprint density at radius 3 is 2.88 bits per heavy atom. The van der Waals surface area contributed by atoms with Crippen molar-refractivity contribution in [2.24, 2.45) is 4.99 Å². The minimum atomic E-state index is -0.0777. The Balaban J connectivity index is 1.75. The van der Waals surface area contributed by atoms with Crippen LogP contribution in [-0.4, -0.2) is 32.5 Å². The minimum absolute atomic E-state index is 0.0777. The van der Waals surface area contributed by atoms with Gasteiger partial charge in [0.15, 0.2) is 5.17 Å². The maximum absolute atomic E-state index is 12.9. The Labute approximate surface area is 158 Å². The molecule has 128 valence electrons. The molecule has 1 aromatic carbocycles. The number of aliphatic imine (C=N–C) groups is 1. The highest BCUT2D eigenvalue weighted by atomic mass is 32.2. The van der Waals surface area contributed by atoms with Crippen molar-refractivity contribution in [2.75, 3.05) is 6.54 Å². The standard InChI is InChI=1S/C19H14N4OS2/c1-2-10-23-17(24)16(26-19(23)22-18-21-9-11-25-18)12-13-7-8-20-15-6-4-3-5-14(13)15/h2-9,11-12H,1,10H2/b16-12-,22-19-. The molecule has 1 aliphatic rings. The van der Waals surface area contributed by atoms with Crippen molar-refractivity contribution >= 4 is 56.3 Å². The van der Waals surface area contributed by atoms with E-state index in [0.29, 0.717) is 21.7 Å². The van der Waals surface area contributed by atoms with E-state index in [1.807, 2.05) is 41.8 Å². The molecule has 0 spiro atoms. The molecule has 5 nitrogen and oxygen atoms in total. The van der Waals surface area contributed by atoms with Gasteiger partial charge in [-0.1, -0.05) is 24.3 Å². The molecule has 0 radical (unpaired) electrons. The summed E-state index contributed by atoms with van der Waals surface area (Å²) in [5, 5.41) is 4.12. The molecule has 0 unspecified atom stereocenters. The van der Waals surface area contributed by atoms with Gasteiger partial charge in [0.1, 0.15) is 0 Å². The van der Waals surface area contributed by atoms with Gasteiger partial charge in [0.05, 0.1) is 10.4 Å². The number of pyridine rings is 1. The van der Waals surface area contributed by atoms with Crippen molar-refractivity contribution in [3.63, 3.8) is 0 Å². The number of nitrogens with zero attached hydrogens (tertiary/aromatic N) is 4. The average molecular weight is 378 g/mol. The Morgan fingerprint density at radius 2 is 2.08 bits per heavy atom. The molecule has 26 heavy (non-hydrogen) atoms. The van der Waals surface area contributed by atoms with Gasteiger partial charge < -0.3 is 0 Å². The van der Waals surface area contributed by atoms with E-state index in [9.17, 15) is 4.79 Å². The molecule has 0 N–H and O–H groups in total. The number of hydrogen-bond acceptors (Lipinski definition) is 6. The monoisotopic (exact) mass is 378 g/mol. The topological polar surface area (TPSA) is 58.5 Å². The lowest BCUT2D eigenvalue weighted by molar-refractivity contribution is -0.121. The van der Waals surface area contributed by atoms with Crippen LogP contribution < -0.4 is 0 Å². The van der Waals surface area contributed by atoms with Gasteiger partial charge in [-0.05, 0) is 35.5 Å². The predicted octanol–water partition coefficient (Wildman–Crippen LogP) is 4.48. The number of fused-ring (bicyclic) bond motifs is 1. The Kier molecular flexibility index (Phi) is 4.64. The lowest BCUT2D eigenvalue weighted by Crippen LogP contribution is -2.29. The molecule has 1 fully saturated rings. The first-order chi connectivity index (χ1) is 12.8. The fourth-order valence-electron chi connectivity index (χ4n) is 2.62. The lowest BCUT2D eigenvalue weighted by atomic mass is 10.1. The van der Waals surface area contributed by atoms with Crippen molar-refractivity contribution in [3.8, 4) is 0 Å². The zero-order chi connectivity index (χ0) is 17.9. The third-order valence-electron chi connectivity index (χ3n) is 3.78. The molecule has 3 heterocycles. The van der Waals surface area contributed by atoms with Gasteiger partial charge in [0.2, 0.25) is 5.13 Å². The van der Waals surface area contributed by atoms with Crippen molar-refractivity contribution in [2.45, 2.75) is 0 Å². The van der Waals surface area contributed by atoms with E-state index in [1.165, 1.54) is 23.1 Å². The number of hydrogen-bond donors (Lipinski definition) is 0. The van der Waals surface area contributed by atoms with Gasteiger partial charge >= 0.3 is 0 Å². The normalized spacial score (nSPS) is 17.5. The van der Waals surface area contributed by atoms with Gasteiger partial charge in [0, 0.05) is 29.7 Å². The Bertz CT molecular complexity index is 1040. The molecule has 0 bridgehead atoms. The van der Waals surface area contributed by atoms with E-state index in [-0.39, 0.29) is 5.91 Å². The van der Waals surface area contributed by atoms with Crippen LogP contribution in [0.4, 0.5) is 5.13 Å². The fraction of sp³-hybridized carbons (Fsp3) is 0.0526. The van der Waals surface area contributed by atoms with Crippen LogP contribution in [0.25, 0.3) is 17.0 Å². The van der Waals surface area contributed by atoms with Crippen LogP contribution in [0.5, 0.6) is 0 Å². The Morgan fingerprint density at radius 1 is 1.19 bits per heavy atom. The summed E-state index contributed by atoms with van der Waals surface area (Å²) in [6, 6.07) is 9.80. The second kappa shape index (κ2) is 7.23. The quantitative estimate of drug-likeness (QED) is 0.496. The minimum Gasteiger partial charge on any atom is -0.282 e. The molecule has 0 atom stereocenters. The first-order valence-electron chi connectivity index (χ1n) is 7.90. The van der Waals surface area contributed by atoms with E-state index >= 15 is 0 Å². The number of thioether (sulfide) groups is 1. The van der Waals surface area contributed by atoms with Gasteiger partial charge in [-0.2, -0.15) is 4.99 Å². The van der Waals surface area contributed by atoms with Gasteiger partial charge in [-0.3, -0.25) is 14.7 Å². The summed E-state index contributed by atoms with van der Waals surface area (Å²) in [5.41, 5.74) is 1.86. The molecular weight excluding hydrogens is 364 g/mol. The molecule has 1 amide bonds. The second-order valence-corrected chi connectivity index (χ2v) is 7.32. The van der Waals surface area contributed by atoms with Crippen molar-refractivity contribution in [1.82, 2.24) is 14.9 Å². The van der Waals surface area contributed by atoms with E-state index in [1.54, 1.807) is 23.4 Å². The van der Waals surface area contributed by atoms with Crippen LogP contribution in [0.15, 0.2) is 70.7 Å². The first kappa shape index (κ1) is 16.7. The zero-order valence-electron chi connectivity index (χ0n) is 13.7. The number of benzene rings is 1. The van der Waals surface area contributed by atoms with Crippen LogP contribution in [0.1, 0.15) is 5.56 Å². The largest absolute Gasteiger partial charge is 0.282 e.